The van der Waals surface area contributed by atoms with Crippen LogP contribution in [-0.4, -0.2) is 33.1 Å². The molecule has 1 atom stereocenters. The van der Waals surface area contributed by atoms with Crippen LogP contribution in [0.25, 0.3) is 0 Å². The van der Waals surface area contributed by atoms with E-state index in [1.807, 2.05) is 30.3 Å². The quantitative estimate of drug-likeness (QED) is 0.770. The van der Waals surface area contributed by atoms with Crippen molar-refractivity contribution >= 4 is 11.6 Å². The summed E-state index contributed by atoms with van der Waals surface area (Å²) in [6.07, 6.45) is 4.90. The summed E-state index contributed by atoms with van der Waals surface area (Å²) in [5, 5.41) is 11.2. The highest BCUT2D eigenvalue weighted by Crippen LogP contribution is 2.31. The minimum atomic E-state index is -0.361. The second kappa shape index (κ2) is 8.84. The van der Waals surface area contributed by atoms with Crippen molar-refractivity contribution in [2.24, 2.45) is 5.92 Å². The maximum atomic E-state index is 10.6. The molecule has 0 aliphatic carbocycles. The number of nitrogens with zero attached hydrogens (tertiary/aromatic N) is 2. The number of aliphatic hydroxyl groups excluding tert-OH is 1. The van der Waals surface area contributed by atoms with Crippen molar-refractivity contribution < 1.29 is 5.11 Å². The largest absolute Gasteiger partial charge is 0.388 e. The Morgan fingerprint density at radius 3 is 2.68 bits per heavy atom. The van der Waals surface area contributed by atoms with E-state index in [0.717, 1.165) is 68.8 Å². The Morgan fingerprint density at radius 1 is 1.28 bits per heavy atom. The van der Waals surface area contributed by atoms with Crippen LogP contribution < -0.4 is 0 Å². The van der Waals surface area contributed by atoms with E-state index in [4.69, 9.17) is 11.6 Å². The zero-order chi connectivity index (χ0) is 17.6. The molecule has 1 unspecified atom stereocenters. The summed E-state index contributed by atoms with van der Waals surface area (Å²) in [6, 6.07) is 9.99. The number of halogens is 1. The molecule has 3 rings (SSSR count). The van der Waals surface area contributed by atoms with Gasteiger partial charge in [-0.2, -0.15) is 0 Å². The first-order valence-electron chi connectivity index (χ1n) is 9.36. The van der Waals surface area contributed by atoms with Crippen LogP contribution in [0.2, 0.25) is 5.15 Å². The molecule has 0 radical (unpaired) electrons. The SMILES string of the molecule is CCCCc1nc(Cl)c(CN2CCC(C(O)c3ccccc3)CC2)[nH]1. The Kier molecular flexibility index (Phi) is 6.51. The predicted octanol–water partition coefficient (Wildman–Crippen LogP) is 4.35. The van der Waals surface area contributed by atoms with Gasteiger partial charge in [0.2, 0.25) is 0 Å². The number of nitrogens with one attached hydrogen (secondary N) is 1. The molecule has 2 heterocycles. The summed E-state index contributed by atoms with van der Waals surface area (Å²) in [5.41, 5.74) is 2.05. The van der Waals surface area contributed by atoms with Crippen molar-refractivity contribution in [3.63, 3.8) is 0 Å². The molecule has 1 aliphatic heterocycles. The van der Waals surface area contributed by atoms with E-state index in [0.29, 0.717) is 11.1 Å². The summed E-state index contributed by atoms with van der Waals surface area (Å²) in [5.74, 6) is 1.33. The van der Waals surface area contributed by atoms with Gasteiger partial charge in [-0.1, -0.05) is 55.3 Å². The van der Waals surface area contributed by atoms with Crippen molar-refractivity contribution in [3.05, 3.63) is 52.6 Å². The van der Waals surface area contributed by atoms with Crippen molar-refractivity contribution in [1.29, 1.82) is 0 Å². The molecule has 1 aromatic heterocycles. The van der Waals surface area contributed by atoms with Gasteiger partial charge in [0.05, 0.1) is 11.8 Å². The smallest absolute Gasteiger partial charge is 0.151 e. The van der Waals surface area contributed by atoms with E-state index in [2.05, 4.69) is 21.8 Å². The van der Waals surface area contributed by atoms with Gasteiger partial charge in [0, 0.05) is 13.0 Å². The molecule has 0 bridgehead atoms. The second-order valence-corrected chi connectivity index (χ2v) is 7.38. The van der Waals surface area contributed by atoms with Crippen molar-refractivity contribution in [3.8, 4) is 0 Å². The number of aryl methyl sites for hydroxylation is 1. The van der Waals surface area contributed by atoms with E-state index in [1.165, 1.54) is 0 Å². The lowest BCUT2D eigenvalue weighted by Gasteiger charge is -2.34. The number of imidazole rings is 1. The van der Waals surface area contributed by atoms with Crippen molar-refractivity contribution in [2.45, 2.75) is 51.7 Å². The lowest BCUT2D eigenvalue weighted by atomic mass is 9.87. The van der Waals surface area contributed by atoms with Crippen LogP contribution in [0.15, 0.2) is 30.3 Å². The number of piperidine rings is 1. The fraction of sp³-hybridized carbons (Fsp3) is 0.550. The maximum absolute atomic E-state index is 10.6. The first kappa shape index (κ1) is 18.4. The number of unbranched alkanes of at least 4 members (excludes halogenated alkanes) is 1. The third-order valence-corrected chi connectivity index (χ3v) is 5.46. The molecule has 2 N–H and O–H groups in total. The average Bonchev–Trinajstić information content (AvgIpc) is 3.00. The third kappa shape index (κ3) is 4.84. The monoisotopic (exact) mass is 361 g/mol. The average molecular weight is 362 g/mol. The zero-order valence-electron chi connectivity index (χ0n) is 14.9. The van der Waals surface area contributed by atoms with Crippen LogP contribution in [-0.2, 0) is 13.0 Å². The fourth-order valence-corrected chi connectivity index (χ4v) is 3.79. The Morgan fingerprint density at radius 2 is 2.00 bits per heavy atom. The molecule has 1 aromatic carbocycles. The molecule has 25 heavy (non-hydrogen) atoms. The summed E-state index contributed by atoms with van der Waals surface area (Å²) in [7, 11) is 0. The summed E-state index contributed by atoms with van der Waals surface area (Å²) in [6.45, 7) is 4.95. The van der Waals surface area contributed by atoms with Gasteiger partial charge in [-0.05, 0) is 43.8 Å². The highest BCUT2D eigenvalue weighted by Gasteiger charge is 2.26. The van der Waals surface area contributed by atoms with Gasteiger partial charge in [0.1, 0.15) is 5.82 Å². The summed E-state index contributed by atoms with van der Waals surface area (Å²) in [4.78, 5) is 10.2. The predicted molar refractivity (Wildman–Crippen MR) is 102 cm³/mol. The van der Waals surface area contributed by atoms with Gasteiger partial charge in [-0.25, -0.2) is 4.98 Å². The van der Waals surface area contributed by atoms with Crippen LogP contribution >= 0.6 is 11.6 Å². The molecule has 1 aliphatic rings. The Labute approximate surface area is 155 Å². The molecule has 0 amide bonds. The molecule has 1 fully saturated rings. The van der Waals surface area contributed by atoms with E-state index < -0.39 is 0 Å². The van der Waals surface area contributed by atoms with Crippen LogP contribution in [0.4, 0.5) is 0 Å². The molecule has 1 saturated heterocycles. The van der Waals surface area contributed by atoms with Crippen LogP contribution in [0.1, 0.15) is 55.8 Å². The molecular formula is C20H28ClN3O. The van der Waals surface area contributed by atoms with Gasteiger partial charge in [0.25, 0.3) is 0 Å². The van der Waals surface area contributed by atoms with E-state index in [-0.39, 0.29) is 6.10 Å². The molecule has 4 nitrogen and oxygen atoms in total. The standard InChI is InChI=1S/C20H28ClN3O/c1-2-3-9-18-22-17(20(21)23-18)14-24-12-10-16(11-13-24)19(25)15-7-5-4-6-8-15/h4-8,16,19,25H,2-3,9-14H2,1H3,(H,22,23). The third-order valence-electron chi connectivity index (χ3n) is 5.15. The highest BCUT2D eigenvalue weighted by molar-refractivity contribution is 6.30. The molecule has 2 aromatic rings. The van der Waals surface area contributed by atoms with Gasteiger partial charge in [-0.3, -0.25) is 4.90 Å². The Balaban J connectivity index is 1.52. The number of likely N-dealkylation sites (tertiary alicyclic amines) is 1. The normalized spacial score (nSPS) is 17.7. The van der Waals surface area contributed by atoms with E-state index in [9.17, 15) is 5.11 Å². The van der Waals surface area contributed by atoms with Crippen molar-refractivity contribution in [2.75, 3.05) is 13.1 Å². The zero-order valence-corrected chi connectivity index (χ0v) is 15.7. The summed E-state index contributed by atoms with van der Waals surface area (Å²) < 4.78 is 0. The van der Waals surface area contributed by atoms with E-state index >= 15 is 0 Å². The first-order valence-corrected chi connectivity index (χ1v) is 9.73. The fourth-order valence-electron chi connectivity index (χ4n) is 3.58. The number of hydrogen-bond acceptors (Lipinski definition) is 3. The first-order chi connectivity index (χ1) is 12.2. The number of rotatable bonds is 7. The molecular weight excluding hydrogens is 334 g/mol. The lowest BCUT2D eigenvalue weighted by molar-refractivity contribution is 0.0565. The summed E-state index contributed by atoms with van der Waals surface area (Å²) >= 11 is 6.29. The maximum Gasteiger partial charge on any atom is 0.151 e. The topological polar surface area (TPSA) is 52.1 Å². The van der Waals surface area contributed by atoms with Gasteiger partial charge in [-0.15, -0.1) is 0 Å². The molecule has 136 valence electrons. The Bertz CT molecular complexity index is 650. The number of aliphatic hydroxyl groups is 1. The number of hydrogen-bond donors (Lipinski definition) is 2. The highest BCUT2D eigenvalue weighted by atomic mass is 35.5. The minimum Gasteiger partial charge on any atom is -0.388 e. The number of aromatic nitrogens is 2. The van der Waals surface area contributed by atoms with Crippen LogP contribution in [0.5, 0.6) is 0 Å². The van der Waals surface area contributed by atoms with E-state index in [1.54, 1.807) is 0 Å². The van der Waals surface area contributed by atoms with Crippen LogP contribution in [0, 0.1) is 5.92 Å². The second-order valence-electron chi connectivity index (χ2n) is 7.03. The van der Waals surface area contributed by atoms with Gasteiger partial charge < -0.3 is 10.1 Å². The van der Waals surface area contributed by atoms with Crippen LogP contribution in [0.3, 0.4) is 0 Å². The molecule has 5 heteroatoms. The molecule has 0 spiro atoms. The minimum absolute atomic E-state index is 0.330. The van der Waals surface area contributed by atoms with Crippen molar-refractivity contribution in [1.82, 2.24) is 14.9 Å². The molecule has 0 saturated carbocycles. The number of benzene rings is 1. The van der Waals surface area contributed by atoms with Gasteiger partial charge >= 0.3 is 0 Å². The number of H-pyrrole nitrogens is 1. The Hall–Kier alpha value is -1.36. The number of aromatic amines is 1. The lowest BCUT2D eigenvalue weighted by Crippen LogP contribution is -2.35. The van der Waals surface area contributed by atoms with Gasteiger partial charge in [0.15, 0.2) is 5.15 Å².